The second kappa shape index (κ2) is 4.56. The van der Waals surface area contributed by atoms with Gasteiger partial charge in [-0.05, 0) is 0 Å². The number of morpholine rings is 1. The zero-order chi connectivity index (χ0) is 11.5. The van der Waals surface area contributed by atoms with Crippen LogP contribution < -0.4 is 5.32 Å². The molecule has 0 aliphatic carbocycles. The third-order valence-electron chi connectivity index (χ3n) is 2.46. The molecule has 2 aromatic rings. The molecule has 7 nitrogen and oxygen atoms in total. The molecule has 0 radical (unpaired) electrons. The van der Waals surface area contributed by atoms with E-state index in [0.29, 0.717) is 30.6 Å². The highest BCUT2D eigenvalue weighted by molar-refractivity contribution is 5.43. The first-order valence-corrected chi connectivity index (χ1v) is 5.34. The standard InChI is InChI=1S/C10H11N5O2/c1-2-12-7(5-11-1)10-14-9(15-17-10)8-6-16-4-3-13-8/h1-2,5,8,13H,3-4,6H2. The molecule has 1 saturated heterocycles. The van der Waals surface area contributed by atoms with Crippen LogP contribution in [0.3, 0.4) is 0 Å². The molecule has 1 atom stereocenters. The summed E-state index contributed by atoms with van der Waals surface area (Å²) >= 11 is 0. The molecule has 0 saturated carbocycles. The van der Waals surface area contributed by atoms with Crippen LogP contribution in [0.1, 0.15) is 11.9 Å². The van der Waals surface area contributed by atoms with E-state index < -0.39 is 0 Å². The van der Waals surface area contributed by atoms with Crippen molar-refractivity contribution in [1.82, 2.24) is 25.4 Å². The molecule has 1 unspecified atom stereocenters. The third kappa shape index (κ3) is 2.15. The number of ether oxygens (including phenoxy) is 1. The number of hydrogen-bond acceptors (Lipinski definition) is 7. The molecular formula is C10H11N5O2. The highest BCUT2D eigenvalue weighted by Gasteiger charge is 2.21. The molecule has 1 fully saturated rings. The van der Waals surface area contributed by atoms with Crippen LogP contribution in [0.25, 0.3) is 11.6 Å². The molecule has 0 spiro atoms. The molecule has 3 rings (SSSR count). The first kappa shape index (κ1) is 10.3. The van der Waals surface area contributed by atoms with E-state index in [2.05, 4.69) is 25.4 Å². The Kier molecular flexibility index (Phi) is 2.76. The SMILES string of the molecule is c1cnc(-c2nc(C3COCCN3)no2)cn1. The Morgan fingerprint density at radius 1 is 1.35 bits per heavy atom. The predicted molar refractivity (Wildman–Crippen MR) is 56.9 cm³/mol. The van der Waals surface area contributed by atoms with Gasteiger partial charge in [-0.2, -0.15) is 4.98 Å². The van der Waals surface area contributed by atoms with Gasteiger partial charge < -0.3 is 14.6 Å². The van der Waals surface area contributed by atoms with Crippen LogP contribution in [0.5, 0.6) is 0 Å². The Hall–Kier alpha value is -1.86. The fraction of sp³-hybridized carbons (Fsp3) is 0.400. The average Bonchev–Trinajstić information content (AvgIpc) is 2.90. The summed E-state index contributed by atoms with van der Waals surface area (Å²) in [5.41, 5.74) is 0.572. The van der Waals surface area contributed by atoms with E-state index >= 15 is 0 Å². The van der Waals surface area contributed by atoms with E-state index in [1.165, 1.54) is 0 Å². The fourth-order valence-electron chi connectivity index (χ4n) is 1.62. The number of nitrogens with zero attached hydrogens (tertiary/aromatic N) is 4. The summed E-state index contributed by atoms with van der Waals surface area (Å²) in [6.07, 6.45) is 4.76. The lowest BCUT2D eigenvalue weighted by molar-refractivity contribution is 0.0734. The molecule has 17 heavy (non-hydrogen) atoms. The highest BCUT2D eigenvalue weighted by Crippen LogP contribution is 2.17. The van der Waals surface area contributed by atoms with Crippen LogP contribution in [0.15, 0.2) is 23.1 Å². The van der Waals surface area contributed by atoms with Crippen molar-refractivity contribution in [2.24, 2.45) is 0 Å². The van der Waals surface area contributed by atoms with Crippen LogP contribution in [0.4, 0.5) is 0 Å². The lowest BCUT2D eigenvalue weighted by atomic mass is 10.2. The van der Waals surface area contributed by atoms with Gasteiger partial charge in [-0.15, -0.1) is 0 Å². The number of nitrogens with one attached hydrogen (secondary N) is 1. The van der Waals surface area contributed by atoms with Gasteiger partial charge in [-0.25, -0.2) is 4.98 Å². The Bertz CT molecular complexity index is 480. The molecule has 0 aromatic carbocycles. The van der Waals surface area contributed by atoms with Gasteiger partial charge in [0.25, 0.3) is 5.89 Å². The van der Waals surface area contributed by atoms with Crippen LogP contribution in [-0.2, 0) is 4.74 Å². The largest absolute Gasteiger partial charge is 0.378 e. The van der Waals surface area contributed by atoms with Crippen LogP contribution in [0, 0.1) is 0 Å². The van der Waals surface area contributed by atoms with Crippen LogP contribution in [0.2, 0.25) is 0 Å². The molecule has 2 aromatic heterocycles. The van der Waals surface area contributed by atoms with Crippen molar-refractivity contribution in [2.75, 3.05) is 19.8 Å². The highest BCUT2D eigenvalue weighted by atomic mass is 16.5. The van der Waals surface area contributed by atoms with Gasteiger partial charge in [-0.1, -0.05) is 5.16 Å². The molecule has 0 bridgehead atoms. The minimum absolute atomic E-state index is 0.0158. The summed E-state index contributed by atoms with van der Waals surface area (Å²) < 4.78 is 10.5. The summed E-state index contributed by atoms with van der Waals surface area (Å²) in [6, 6.07) is -0.0158. The van der Waals surface area contributed by atoms with Gasteiger partial charge in [0.2, 0.25) is 0 Å². The number of aromatic nitrogens is 4. The van der Waals surface area contributed by atoms with Gasteiger partial charge >= 0.3 is 0 Å². The first-order chi connectivity index (χ1) is 8.43. The van der Waals surface area contributed by atoms with Gasteiger partial charge in [0, 0.05) is 18.9 Å². The third-order valence-corrected chi connectivity index (χ3v) is 2.46. The second-order valence-corrected chi connectivity index (χ2v) is 3.63. The Morgan fingerprint density at radius 3 is 3.12 bits per heavy atom. The van der Waals surface area contributed by atoms with Gasteiger partial charge in [0.1, 0.15) is 5.69 Å². The van der Waals surface area contributed by atoms with Gasteiger partial charge in [0.05, 0.1) is 25.5 Å². The number of hydrogen-bond donors (Lipinski definition) is 1. The second-order valence-electron chi connectivity index (χ2n) is 3.63. The quantitative estimate of drug-likeness (QED) is 0.792. The van der Waals surface area contributed by atoms with Crippen molar-refractivity contribution in [1.29, 1.82) is 0 Å². The van der Waals surface area contributed by atoms with E-state index in [4.69, 9.17) is 9.26 Å². The molecule has 1 aliphatic rings. The molecular weight excluding hydrogens is 222 g/mol. The molecule has 3 heterocycles. The van der Waals surface area contributed by atoms with Gasteiger partial charge in [0.15, 0.2) is 5.82 Å². The zero-order valence-corrected chi connectivity index (χ0v) is 9.04. The zero-order valence-electron chi connectivity index (χ0n) is 9.04. The van der Waals surface area contributed by atoms with Crippen molar-refractivity contribution in [3.05, 3.63) is 24.4 Å². The Balaban J connectivity index is 1.83. The van der Waals surface area contributed by atoms with Crippen molar-refractivity contribution in [3.8, 4) is 11.6 Å². The van der Waals surface area contributed by atoms with E-state index in [9.17, 15) is 0 Å². The molecule has 0 amide bonds. The number of rotatable bonds is 2. The van der Waals surface area contributed by atoms with Crippen molar-refractivity contribution in [3.63, 3.8) is 0 Å². The summed E-state index contributed by atoms with van der Waals surface area (Å²) in [6.45, 7) is 2.06. The summed E-state index contributed by atoms with van der Waals surface area (Å²) in [5, 5.41) is 7.17. The van der Waals surface area contributed by atoms with Crippen molar-refractivity contribution < 1.29 is 9.26 Å². The molecule has 7 heteroatoms. The fourth-order valence-corrected chi connectivity index (χ4v) is 1.62. The monoisotopic (exact) mass is 233 g/mol. The maximum absolute atomic E-state index is 5.34. The van der Waals surface area contributed by atoms with Crippen molar-refractivity contribution in [2.45, 2.75) is 6.04 Å². The lowest BCUT2D eigenvalue weighted by Crippen LogP contribution is -2.35. The summed E-state index contributed by atoms with van der Waals surface area (Å²) in [7, 11) is 0. The summed E-state index contributed by atoms with van der Waals surface area (Å²) in [5.74, 6) is 0.964. The molecule has 88 valence electrons. The first-order valence-electron chi connectivity index (χ1n) is 5.34. The summed E-state index contributed by atoms with van der Waals surface area (Å²) in [4.78, 5) is 12.3. The van der Waals surface area contributed by atoms with E-state index in [-0.39, 0.29) is 6.04 Å². The van der Waals surface area contributed by atoms with Crippen molar-refractivity contribution >= 4 is 0 Å². The van der Waals surface area contributed by atoms with E-state index in [0.717, 1.165) is 6.54 Å². The van der Waals surface area contributed by atoms with Crippen LogP contribution >= 0.6 is 0 Å². The average molecular weight is 233 g/mol. The van der Waals surface area contributed by atoms with E-state index in [1.807, 2.05) is 0 Å². The molecule has 1 N–H and O–H groups in total. The van der Waals surface area contributed by atoms with Gasteiger partial charge in [-0.3, -0.25) is 4.98 Å². The Morgan fingerprint density at radius 2 is 2.35 bits per heavy atom. The smallest absolute Gasteiger partial charge is 0.278 e. The Labute approximate surface area is 97.2 Å². The normalized spacial score (nSPS) is 20.4. The maximum atomic E-state index is 5.34. The molecule has 1 aliphatic heterocycles. The van der Waals surface area contributed by atoms with E-state index in [1.54, 1.807) is 18.6 Å². The van der Waals surface area contributed by atoms with Crippen LogP contribution in [-0.4, -0.2) is 39.9 Å². The predicted octanol–water partition coefficient (Wildman–Crippen LogP) is 0.187. The topological polar surface area (TPSA) is 86.0 Å². The maximum Gasteiger partial charge on any atom is 0.278 e. The lowest BCUT2D eigenvalue weighted by Gasteiger charge is -2.20. The minimum atomic E-state index is -0.0158. The minimum Gasteiger partial charge on any atom is -0.378 e.